The monoisotopic (exact) mass is 386 g/mol. The Morgan fingerprint density at radius 2 is 2.07 bits per heavy atom. The molecule has 7 heteroatoms. The number of amides is 1. The number of fused-ring (bicyclic) bond motifs is 2. The summed E-state index contributed by atoms with van der Waals surface area (Å²) >= 11 is 0. The van der Waals surface area contributed by atoms with Crippen LogP contribution < -0.4 is 9.47 Å². The van der Waals surface area contributed by atoms with Gasteiger partial charge in [0.15, 0.2) is 11.5 Å². The zero-order chi connectivity index (χ0) is 19.7. The molecule has 150 valence electrons. The van der Waals surface area contributed by atoms with Crippen molar-refractivity contribution in [3.63, 3.8) is 0 Å². The number of carbonyl (C=O) groups is 2. The van der Waals surface area contributed by atoms with Gasteiger partial charge in [-0.15, -0.1) is 6.58 Å². The molecule has 0 unspecified atom stereocenters. The number of hydrogen-bond donors (Lipinski definition) is 1. The molecular weight excluding hydrogens is 360 g/mol. The normalized spacial score (nSPS) is 25.7. The summed E-state index contributed by atoms with van der Waals surface area (Å²) in [5, 5.41) is 9.17. The first-order valence-electron chi connectivity index (χ1n) is 9.70. The lowest BCUT2D eigenvalue weighted by Crippen LogP contribution is -2.37. The van der Waals surface area contributed by atoms with E-state index in [-0.39, 0.29) is 24.5 Å². The summed E-state index contributed by atoms with van der Waals surface area (Å²) in [6, 6.07) is 5.60. The van der Waals surface area contributed by atoms with Gasteiger partial charge < -0.3 is 19.5 Å². The average Bonchev–Trinajstić information content (AvgIpc) is 3.32. The van der Waals surface area contributed by atoms with E-state index < -0.39 is 5.97 Å². The smallest absolute Gasteiger partial charge is 0.303 e. The minimum absolute atomic E-state index is 0.0817. The molecule has 1 aromatic rings. The topological polar surface area (TPSA) is 79.3 Å². The Balaban J connectivity index is 1.44. The van der Waals surface area contributed by atoms with E-state index in [1.165, 1.54) is 0 Å². The number of carboxylic acid groups (broad SMARTS) is 1. The first kappa shape index (κ1) is 18.8. The highest BCUT2D eigenvalue weighted by Gasteiger charge is 2.52. The molecule has 3 heterocycles. The van der Waals surface area contributed by atoms with E-state index in [0.29, 0.717) is 43.3 Å². The molecule has 4 rings (SSSR count). The molecule has 7 nitrogen and oxygen atoms in total. The van der Waals surface area contributed by atoms with Gasteiger partial charge in [0, 0.05) is 44.6 Å². The van der Waals surface area contributed by atoms with Gasteiger partial charge in [-0.1, -0.05) is 12.1 Å². The van der Waals surface area contributed by atoms with E-state index in [2.05, 4.69) is 11.5 Å². The van der Waals surface area contributed by atoms with Crippen LogP contribution >= 0.6 is 0 Å². The van der Waals surface area contributed by atoms with E-state index in [1.54, 1.807) is 0 Å². The van der Waals surface area contributed by atoms with Gasteiger partial charge in [0.2, 0.25) is 12.7 Å². The lowest BCUT2D eigenvalue weighted by atomic mass is 9.77. The van der Waals surface area contributed by atoms with Crippen LogP contribution in [0.25, 0.3) is 0 Å². The van der Waals surface area contributed by atoms with Crippen LogP contribution in [-0.4, -0.2) is 66.3 Å². The Labute approximate surface area is 164 Å². The lowest BCUT2D eigenvalue weighted by molar-refractivity contribution is -0.137. The maximum atomic E-state index is 12.9. The fourth-order valence-corrected chi connectivity index (χ4v) is 4.85. The standard InChI is InChI=1S/C21H26N2O5/c1-2-7-22-10-16-11-23(13-21(16,12-22)6-5-20(25)26)19(24)9-15-3-4-17-18(8-15)28-14-27-17/h2-4,8,16H,1,5-7,9-14H2,(H,25,26)/t16-,21+/m0/s1. The third kappa shape index (κ3) is 3.58. The van der Waals surface area contributed by atoms with Crippen molar-refractivity contribution >= 4 is 11.9 Å². The second-order valence-electron chi connectivity index (χ2n) is 8.07. The van der Waals surface area contributed by atoms with Gasteiger partial charge in [0.25, 0.3) is 0 Å². The summed E-state index contributed by atoms with van der Waals surface area (Å²) < 4.78 is 10.7. The fraction of sp³-hybridized carbons (Fsp3) is 0.524. The van der Waals surface area contributed by atoms with Crippen LogP contribution in [0, 0.1) is 11.3 Å². The summed E-state index contributed by atoms with van der Waals surface area (Å²) in [6.07, 6.45) is 2.94. The molecule has 2 fully saturated rings. The van der Waals surface area contributed by atoms with Crippen molar-refractivity contribution in [2.75, 3.05) is 39.5 Å². The van der Waals surface area contributed by atoms with Gasteiger partial charge in [-0.05, 0) is 30.0 Å². The van der Waals surface area contributed by atoms with E-state index >= 15 is 0 Å². The van der Waals surface area contributed by atoms with Gasteiger partial charge in [-0.25, -0.2) is 0 Å². The molecule has 0 saturated carbocycles. The van der Waals surface area contributed by atoms with Crippen molar-refractivity contribution in [1.29, 1.82) is 0 Å². The molecule has 0 aliphatic carbocycles. The number of carbonyl (C=O) groups excluding carboxylic acids is 1. The molecule has 28 heavy (non-hydrogen) atoms. The van der Waals surface area contributed by atoms with Crippen molar-refractivity contribution in [2.45, 2.75) is 19.3 Å². The molecule has 2 saturated heterocycles. The third-order valence-corrected chi connectivity index (χ3v) is 6.20. The summed E-state index contributed by atoms with van der Waals surface area (Å²) in [5.41, 5.74) is 0.769. The van der Waals surface area contributed by atoms with E-state index in [9.17, 15) is 14.7 Å². The Bertz CT molecular complexity index is 795. The highest BCUT2D eigenvalue weighted by molar-refractivity contribution is 5.79. The fourth-order valence-electron chi connectivity index (χ4n) is 4.85. The van der Waals surface area contributed by atoms with Gasteiger partial charge in [-0.3, -0.25) is 14.5 Å². The van der Waals surface area contributed by atoms with Gasteiger partial charge in [0.05, 0.1) is 6.42 Å². The molecule has 0 spiro atoms. The molecular formula is C21H26N2O5. The van der Waals surface area contributed by atoms with Crippen molar-refractivity contribution in [3.8, 4) is 11.5 Å². The molecule has 0 bridgehead atoms. The van der Waals surface area contributed by atoms with Gasteiger partial charge in [-0.2, -0.15) is 0 Å². The third-order valence-electron chi connectivity index (χ3n) is 6.20. The number of carboxylic acids is 1. The zero-order valence-corrected chi connectivity index (χ0v) is 15.9. The minimum atomic E-state index is -0.777. The SMILES string of the molecule is C=CCN1C[C@H]2CN(C(=O)Cc3ccc4c(c3)OCO4)C[C@@]2(CCC(=O)O)C1. The summed E-state index contributed by atoms with van der Waals surface area (Å²) in [6.45, 7) is 7.86. The molecule has 2 atom stereocenters. The number of nitrogens with zero attached hydrogens (tertiary/aromatic N) is 2. The van der Waals surface area contributed by atoms with E-state index in [0.717, 1.165) is 25.2 Å². The number of ether oxygens (including phenoxy) is 2. The van der Waals surface area contributed by atoms with Gasteiger partial charge >= 0.3 is 5.97 Å². The number of benzene rings is 1. The van der Waals surface area contributed by atoms with Crippen LogP contribution in [-0.2, 0) is 16.0 Å². The highest BCUT2D eigenvalue weighted by Crippen LogP contribution is 2.46. The maximum absolute atomic E-state index is 12.9. The van der Waals surface area contributed by atoms with Crippen LogP contribution in [0.5, 0.6) is 11.5 Å². The number of hydrogen-bond acceptors (Lipinski definition) is 5. The minimum Gasteiger partial charge on any atom is -0.481 e. The molecule has 0 aromatic heterocycles. The first-order chi connectivity index (χ1) is 13.5. The zero-order valence-electron chi connectivity index (χ0n) is 15.9. The highest BCUT2D eigenvalue weighted by atomic mass is 16.7. The Hall–Kier alpha value is -2.54. The van der Waals surface area contributed by atoms with Crippen molar-refractivity contribution < 1.29 is 24.2 Å². The van der Waals surface area contributed by atoms with E-state index in [4.69, 9.17) is 9.47 Å². The molecule has 1 aromatic carbocycles. The summed E-state index contributed by atoms with van der Waals surface area (Å²) in [5.74, 6) is 1.01. The second-order valence-corrected chi connectivity index (χ2v) is 8.07. The Kier molecular flexibility index (Phi) is 5.02. The van der Waals surface area contributed by atoms with Crippen LogP contribution in [0.2, 0.25) is 0 Å². The molecule has 3 aliphatic heterocycles. The van der Waals surface area contributed by atoms with Crippen LogP contribution in [0.3, 0.4) is 0 Å². The predicted molar refractivity (Wildman–Crippen MR) is 102 cm³/mol. The molecule has 1 amide bonds. The maximum Gasteiger partial charge on any atom is 0.303 e. The van der Waals surface area contributed by atoms with Crippen LogP contribution in [0.1, 0.15) is 18.4 Å². The van der Waals surface area contributed by atoms with Crippen molar-refractivity contribution in [1.82, 2.24) is 9.80 Å². The number of aliphatic carboxylic acids is 1. The lowest BCUT2D eigenvalue weighted by Gasteiger charge is -2.29. The summed E-state index contributed by atoms with van der Waals surface area (Å²) in [7, 11) is 0. The Morgan fingerprint density at radius 1 is 1.25 bits per heavy atom. The van der Waals surface area contributed by atoms with Crippen molar-refractivity contribution in [2.24, 2.45) is 11.3 Å². The molecule has 3 aliphatic rings. The largest absolute Gasteiger partial charge is 0.481 e. The van der Waals surface area contributed by atoms with E-state index in [1.807, 2.05) is 29.2 Å². The number of likely N-dealkylation sites (tertiary alicyclic amines) is 2. The summed E-state index contributed by atoms with van der Waals surface area (Å²) in [4.78, 5) is 28.3. The second kappa shape index (κ2) is 7.47. The van der Waals surface area contributed by atoms with Gasteiger partial charge in [0.1, 0.15) is 0 Å². The predicted octanol–water partition coefficient (Wildman–Crippen LogP) is 1.77. The van der Waals surface area contributed by atoms with Crippen LogP contribution in [0.15, 0.2) is 30.9 Å². The van der Waals surface area contributed by atoms with Crippen LogP contribution in [0.4, 0.5) is 0 Å². The Morgan fingerprint density at radius 3 is 2.86 bits per heavy atom. The van der Waals surface area contributed by atoms with Crippen molar-refractivity contribution in [3.05, 3.63) is 36.4 Å². The quantitative estimate of drug-likeness (QED) is 0.720. The average molecular weight is 386 g/mol. The first-order valence-corrected chi connectivity index (χ1v) is 9.70. The molecule has 0 radical (unpaired) electrons. The molecule has 1 N–H and O–H groups in total. The number of rotatable bonds is 7.